The fourth-order valence-corrected chi connectivity index (χ4v) is 3.55. The molecule has 0 saturated carbocycles. The normalized spacial score (nSPS) is 18.0. The molecule has 1 amide bonds. The number of aromatic nitrogens is 5. The molecule has 10 heteroatoms. The lowest BCUT2D eigenvalue weighted by Gasteiger charge is -2.22. The van der Waals surface area contributed by atoms with E-state index in [1.165, 1.54) is 18.7 Å². The molecule has 1 aliphatic heterocycles. The van der Waals surface area contributed by atoms with Crippen LogP contribution in [-0.4, -0.2) is 48.6 Å². The Morgan fingerprint density at radius 3 is 2.74 bits per heavy atom. The van der Waals surface area contributed by atoms with Crippen LogP contribution in [0.25, 0.3) is 0 Å². The molecule has 1 aliphatic rings. The van der Waals surface area contributed by atoms with Crippen molar-refractivity contribution in [1.29, 1.82) is 0 Å². The van der Waals surface area contributed by atoms with E-state index >= 15 is 0 Å². The Morgan fingerprint density at radius 2 is 2.03 bits per heavy atom. The van der Waals surface area contributed by atoms with Crippen molar-refractivity contribution in [2.75, 3.05) is 11.9 Å². The van der Waals surface area contributed by atoms with Gasteiger partial charge in [0.15, 0.2) is 12.1 Å². The van der Waals surface area contributed by atoms with E-state index < -0.39 is 17.9 Å². The van der Waals surface area contributed by atoms with Crippen molar-refractivity contribution in [3.8, 4) is 0 Å². The second kappa shape index (κ2) is 8.20. The van der Waals surface area contributed by atoms with Crippen LogP contribution in [0, 0.1) is 0 Å². The predicted octanol–water partition coefficient (Wildman–Crippen LogP) is 1.74. The highest BCUT2D eigenvalue weighted by Crippen LogP contribution is 2.29. The highest BCUT2D eigenvalue weighted by atomic mass is 19.1. The van der Waals surface area contributed by atoms with Crippen LogP contribution in [0.3, 0.4) is 0 Å². The van der Waals surface area contributed by atoms with Crippen LogP contribution in [0.1, 0.15) is 43.6 Å². The Hall–Kier alpha value is -3.11. The maximum Gasteiger partial charge on any atom is 0.245 e. The summed E-state index contributed by atoms with van der Waals surface area (Å²) in [4.78, 5) is 18.6. The highest BCUT2D eigenvalue weighted by molar-refractivity contribution is 5.96. The molecule has 2 unspecified atom stereocenters. The fraction of sp³-hybridized carbons (Fsp3) is 0.429. The number of alkyl halides is 1. The lowest BCUT2D eigenvalue weighted by molar-refractivity contribution is -0.121. The van der Waals surface area contributed by atoms with Crippen molar-refractivity contribution in [2.24, 2.45) is 0 Å². The second-order valence-electron chi connectivity index (χ2n) is 8.18. The van der Waals surface area contributed by atoms with Gasteiger partial charge in [0.05, 0.1) is 12.6 Å². The van der Waals surface area contributed by atoms with E-state index in [0.29, 0.717) is 25.3 Å². The van der Waals surface area contributed by atoms with Crippen LogP contribution in [0.2, 0.25) is 0 Å². The standard InChI is InChI=1S/C21H26FN7O2/c1-21(2,22)16-11-17-27(3)20(31)15(9-10-29(17)25-16)24-19(30)18-23-13-28(26-18)12-14-7-5-4-6-8-14/h4-8,11,13,15,19,24,30H,9-10,12H2,1-3H3. The number of fused-ring (bicyclic) bond motifs is 1. The zero-order valence-corrected chi connectivity index (χ0v) is 17.7. The zero-order chi connectivity index (χ0) is 22.2. The van der Waals surface area contributed by atoms with E-state index in [-0.39, 0.29) is 17.4 Å². The molecule has 31 heavy (non-hydrogen) atoms. The monoisotopic (exact) mass is 427 g/mol. The van der Waals surface area contributed by atoms with Crippen LogP contribution in [0.15, 0.2) is 42.7 Å². The van der Waals surface area contributed by atoms with Gasteiger partial charge < -0.3 is 5.11 Å². The minimum Gasteiger partial charge on any atom is -0.371 e. The molecule has 0 spiro atoms. The summed E-state index contributed by atoms with van der Waals surface area (Å²) >= 11 is 0. The van der Waals surface area contributed by atoms with Gasteiger partial charge in [-0.3, -0.25) is 15.0 Å². The molecule has 3 aromatic rings. The number of benzene rings is 1. The summed E-state index contributed by atoms with van der Waals surface area (Å²) in [5, 5.41) is 22.1. The summed E-state index contributed by atoms with van der Waals surface area (Å²) in [6, 6.07) is 10.7. The Balaban J connectivity index is 1.44. The van der Waals surface area contributed by atoms with Crippen molar-refractivity contribution in [2.45, 2.75) is 51.3 Å². The number of aliphatic hydroxyl groups excluding tert-OH is 1. The van der Waals surface area contributed by atoms with Gasteiger partial charge in [-0.2, -0.15) is 10.2 Å². The molecule has 2 N–H and O–H groups in total. The lowest BCUT2D eigenvalue weighted by Crippen LogP contribution is -2.46. The van der Waals surface area contributed by atoms with Crippen LogP contribution < -0.4 is 10.2 Å². The smallest absolute Gasteiger partial charge is 0.245 e. The number of halogens is 1. The minimum atomic E-state index is -1.60. The fourth-order valence-electron chi connectivity index (χ4n) is 3.55. The van der Waals surface area contributed by atoms with Gasteiger partial charge in [0, 0.05) is 19.7 Å². The molecule has 0 bridgehead atoms. The topological polar surface area (TPSA) is 101 Å². The molecule has 164 valence electrons. The first-order valence-corrected chi connectivity index (χ1v) is 10.1. The van der Waals surface area contributed by atoms with Crippen molar-refractivity contribution < 1.29 is 14.3 Å². The number of amides is 1. The third-order valence-corrected chi connectivity index (χ3v) is 5.31. The third kappa shape index (κ3) is 4.49. The molecule has 0 saturated heterocycles. The first-order chi connectivity index (χ1) is 14.7. The first kappa shape index (κ1) is 21.1. The SMILES string of the molecule is CN1C(=O)C(NC(O)c2ncn(Cc3ccccc3)n2)CCn2nc(C(C)(C)F)cc21. The summed E-state index contributed by atoms with van der Waals surface area (Å²) in [5.74, 6) is 0.467. The average Bonchev–Trinajstić information content (AvgIpc) is 3.35. The number of likely N-dealkylation sites (N-methyl/N-ethyl adjacent to an activating group) is 1. The van der Waals surface area contributed by atoms with Gasteiger partial charge in [0.25, 0.3) is 0 Å². The summed E-state index contributed by atoms with van der Waals surface area (Å²) in [7, 11) is 1.62. The molecular weight excluding hydrogens is 401 g/mol. The maximum atomic E-state index is 14.3. The van der Waals surface area contributed by atoms with Gasteiger partial charge in [0.2, 0.25) is 5.91 Å². The maximum absolute atomic E-state index is 14.3. The van der Waals surface area contributed by atoms with E-state index in [2.05, 4.69) is 20.5 Å². The number of carbonyl (C=O) groups is 1. The Kier molecular flexibility index (Phi) is 5.59. The molecule has 0 radical (unpaired) electrons. The van der Waals surface area contributed by atoms with Gasteiger partial charge in [-0.1, -0.05) is 30.3 Å². The van der Waals surface area contributed by atoms with Crippen LogP contribution in [0.5, 0.6) is 0 Å². The molecule has 2 aromatic heterocycles. The summed E-state index contributed by atoms with van der Waals surface area (Å²) in [6.45, 7) is 3.80. The number of nitrogens with zero attached hydrogens (tertiary/aromatic N) is 6. The highest BCUT2D eigenvalue weighted by Gasteiger charge is 2.33. The predicted molar refractivity (Wildman–Crippen MR) is 112 cm³/mol. The van der Waals surface area contributed by atoms with Crippen molar-refractivity contribution in [1.82, 2.24) is 29.9 Å². The number of aryl methyl sites for hydroxylation is 1. The number of hydrogen-bond acceptors (Lipinski definition) is 6. The summed E-state index contributed by atoms with van der Waals surface area (Å²) in [6.07, 6.45) is 0.723. The van der Waals surface area contributed by atoms with Gasteiger partial charge in [0.1, 0.15) is 23.5 Å². The van der Waals surface area contributed by atoms with Crippen LogP contribution in [-0.2, 0) is 23.6 Å². The third-order valence-electron chi connectivity index (χ3n) is 5.31. The number of carbonyl (C=O) groups excluding carboxylic acids is 1. The number of nitrogens with one attached hydrogen (secondary N) is 1. The Labute approximate surface area is 179 Å². The molecule has 0 aliphatic carbocycles. The summed E-state index contributed by atoms with van der Waals surface area (Å²) < 4.78 is 17.5. The van der Waals surface area contributed by atoms with Gasteiger partial charge in [-0.15, -0.1) is 0 Å². The molecule has 3 heterocycles. The van der Waals surface area contributed by atoms with Crippen LogP contribution in [0.4, 0.5) is 10.2 Å². The molecule has 4 rings (SSSR count). The van der Waals surface area contributed by atoms with Gasteiger partial charge in [-0.05, 0) is 25.8 Å². The average molecular weight is 427 g/mol. The quantitative estimate of drug-likeness (QED) is 0.581. The van der Waals surface area contributed by atoms with E-state index in [4.69, 9.17) is 0 Å². The first-order valence-electron chi connectivity index (χ1n) is 10.1. The van der Waals surface area contributed by atoms with Gasteiger partial charge in [-0.25, -0.2) is 18.7 Å². The van der Waals surface area contributed by atoms with E-state index in [1.807, 2.05) is 30.3 Å². The van der Waals surface area contributed by atoms with E-state index in [1.54, 1.807) is 28.8 Å². The van der Waals surface area contributed by atoms with E-state index in [0.717, 1.165) is 5.56 Å². The van der Waals surface area contributed by atoms with Crippen molar-refractivity contribution in [3.63, 3.8) is 0 Å². The second-order valence-corrected chi connectivity index (χ2v) is 8.18. The molecule has 0 fully saturated rings. The summed E-state index contributed by atoms with van der Waals surface area (Å²) in [5.41, 5.74) is -0.254. The largest absolute Gasteiger partial charge is 0.371 e. The minimum absolute atomic E-state index is 0.190. The number of hydrogen-bond donors (Lipinski definition) is 2. The van der Waals surface area contributed by atoms with E-state index in [9.17, 15) is 14.3 Å². The molecular formula is C21H26FN7O2. The van der Waals surface area contributed by atoms with Crippen molar-refractivity contribution in [3.05, 3.63) is 59.8 Å². The number of aliphatic hydroxyl groups is 1. The Bertz CT molecular complexity index is 1060. The molecule has 2 atom stereocenters. The Morgan fingerprint density at radius 1 is 1.29 bits per heavy atom. The van der Waals surface area contributed by atoms with Gasteiger partial charge >= 0.3 is 0 Å². The molecule has 9 nitrogen and oxygen atoms in total. The van der Waals surface area contributed by atoms with Crippen LogP contribution >= 0.6 is 0 Å². The zero-order valence-electron chi connectivity index (χ0n) is 17.7. The lowest BCUT2D eigenvalue weighted by atomic mass is 10.1. The molecule has 1 aromatic carbocycles. The van der Waals surface area contributed by atoms with Crippen molar-refractivity contribution >= 4 is 11.7 Å². The number of anilines is 1. The number of rotatable bonds is 6.